The quantitative estimate of drug-likeness (QED) is 0.119. The summed E-state index contributed by atoms with van der Waals surface area (Å²) in [6.07, 6.45) is 34.6. The van der Waals surface area contributed by atoms with Gasteiger partial charge in [-0.15, -0.1) is 19.1 Å². The van der Waals surface area contributed by atoms with Crippen LogP contribution in [0.4, 0.5) is 0 Å². The van der Waals surface area contributed by atoms with Crippen molar-refractivity contribution in [2.24, 2.45) is 5.92 Å². The maximum atomic E-state index is 2.49. The molecule has 2 aliphatic rings. The fourth-order valence-electron chi connectivity index (χ4n) is 6.81. The van der Waals surface area contributed by atoms with Gasteiger partial charge >= 0.3 is 21.7 Å². The molecule has 0 aliphatic heterocycles. The third kappa shape index (κ3) is 14.9. The Labute approximate surface area is 278 Å². The maximum Gasteiger partial charge on any atom is 4.00 e. The Kier molecular flexibility index (Phi) is 26.5. The third-order valence-electron chi connectivity index (χ3n) is 9.03. The van der Waals surface area contributed by atoms with Crippen LogP contribution in [0.15, 0.2) is 54.1 Å². The summed E-state index contributed by atoms with van der Waals surface area (Å²) in [5, 5.41) is 2.19. The van der Waals surface area contributed by atoms with Crippen LogP contribution in [0, 0.1) is 11.8 Å². The van der Waals surface area contributed by atoms with E-state index in [-0.39, 0.29) is 68.5 Å². The molecule has 1 aromatic rings. The van der Waals surface area contributed by atoms with Crippen LogP contribution in [0.25, 0.3) is 0 Å². The molecular weight excluding hydrogens is 591 g/mol. The van der Waals surface area contributed by atoms with Crippen LogP contribution >= 0.6 is 0 Å². The predicted octanol–water partition coefficient (Wildman–Crippen LogP) is 0.801. The van der Waals surface area contributed by atoms with E-state index in [9.17, 15) is 0 Å². The molecule has 1 saturated carbocycles. The zero-order valence-electron chi connectivity index (χ0n) is 25.0. The molecule has 5 heteroatoms. The van der Waals surface area contributed by atoms with E-state index >= 15 is 0 Å². The minimum atomic E-state index is -0.315. The summed E-state index contributed by atoms with van der Waals surface area (Å²) in [7, 11) is -0.315. The minimum Gasteiger partial charge on any atom is -1.00 e. The second-order valence-corrected chi connectivity index (χ2v) is 14.3. The Bertz CT molecular complexity index is 754. The van der Waals surface area contributed by atoms with Crippen molar-refractivity contribution < 1.29 is 58.9 Å². The summed E-state index contributed by atoms with van der Waals surface area (Å²) in [5.74, 6) is 2.57. The molecule has 0 nitrogen and oxygen atoms in total. The molecule has 0 heterocycles. The van der Waals surface area contributed by atoms with Crippen molar-refractivity contribution in [1.82, 2.24) is 0 Å². The van der Waals surface area contributed by atoms with Gasteiger partial charge in [0, 0.05) is 9.52 Å². The van der Waals surface area contributed by atoms with Gasteiger partial charge in [-0.3, -0.25) is 0 Å². The second-order valence-electron chi connectivity index (χ2n) is 11.8. The third-order valence-corrected chi connectivity index (χ3v) is 11.8. The average molecular weight is 646 g/mol. The average Bonchev–Trinajstić information content (AvgIpc) is 3.15. The van der Waals surface area contributed by atoms with Crippen molar-refractivity contribution >= 4 is 14.7 Å². The number of rotatable bonds is 19. The zero-order chi connectivity index (χ0) is 24.6. The number of fused-ring (bicyclic) bond motifs is 1. The van der Waals surface area contributed by atoms with Crippen molar-refractivity contribution in [1.29, 1.82) is 0 Å². The van der Waals surface area contributed by atoms with E-state index in [4.69, 9.17) is 0 Å². The van der Waals surface area contributed by atoms with Crippen molar-refractivity contribution in [3.05, 3.63) is 60.1 Å². The molecule has 2 unspecified atom stereocenters. The molecule has 0 amide bonds. The molecule has 0 saturated heterocycles. The van der Waals surface area contributed by atoms with Crippen LogP contribution in [-0.2, 0) is 21.7 Å². The zero-order valence-corrected chi connectivity index (χ0v) is 30.2. The number of benzene rings is 1. The number of halogens is 3. The van der Waals surface area contributed by atoms with Crippen LogP contribution < -0.4 is 42.4 Å². The van der Waals surface area contributed by atoms with E-state index < -0.39 is 0 Å². The first-order chi connectivity index (χ1) is 17.2. The molecule has 2 atom stereocenters. The molecule has 0 bridgehead atoms. The van der Waals surface area contributed by atoms with Gasteiger partial charge in [0.1, 0.15) is 0 Å². The van der Waals surface area contributed by atoms with Crippen LogP contribution in [0.1, 0.15) is 136 Å². The SMILES string of the molecule is CCCCCCCCCCCCCCCCCCC1([SiH2]c2ccccc2)CC2CC=CC=C2[C-]1C.[Cl-].[Cl-].[Cl-].[Ti+4]. The Hall–Kier alpha value is 0.371. The largest absolute Gasteiger partial charge is 4.00 e. The molecular formula is C34H55Cl3SiTi. The molecule has 1 fully saturated rings. The van der Waals surface area contributed by atoms with Crippen molar-refractivity contribution in [3.63, 3.8) is 0 Å². The number of unbranched alkanes of at least 4 members (excludes halogenated alkanes) is 15. The standard InChI is InChI=1S/C34H55Si.3ClH.Ti/c1-3-4-5-6-7-8-9-10-11-12-13-14-15-16-17-23-28-34(35-32-25-19-18-20-26-32)29-31-24-21-22-27-33(31)30(34)2;;;;/h18-22,25-27,31H,3-17,23-24,28-29,35H2,1-2H3;3*1H;/q-1;;;;+4/p-3. The molecule has 220 valence electrons. The molecule has 3 rings (SSSR count). The first kappa shape index (κ1) is 41.5. The summed E-state index contributed by atoms with van der Waals surface area (Å²) in [6.45, 7) is 4.80. The number of allylic oxidation sites excluding steroid dienone is 4. The fourth-order valence-corrected chi connectivity index (χ4v) is 9.49. The minimum absolute atomic E-state index is 0. The van der Waals surface area contributed by atoms with E-state index in [1.165, 1.54) is 122 Å². The summed E-state index contributed by atoms with van der Waals surface area (Å²) in [4.78, 5) is 0. The summed E-state index contributed by atoms with van der Waals surface area (Å²) < 4.78 is 0. The van der Waals surface area contributed by atoms with Crippen LogP contribution in [0.3, 0.4) is 0 Å². The van der Waals surface area contributed by atoms with Gasteiger partial charge in [-0.25, -0.2) is 17.6 Å². The van der Waals surface area contributed by atoms with Gasteiger partial charge < -0.3 is 37.2 Å². The van der Waals surface area contributed by atoms with E-state index in [1.807, 2.05) is 0 Å². The van der Waals surface area contributed by atoms with Crippen LogP contribution in [0.2, 0.25) is 5.04 Å². The van der Waals surface area contributed by atoms with E-state index in [0.717, 1.165) is 5.92 Å². The molecule has 1 aromatic carbocycles. The monoisotopic (exact) mass is 644 g/mol. The number of hydrogen-bond acceptors (Lipinski definition) is 0. The fraction of sp³-hybridized carbons (Fsp3) is 0.676. The normalized spacial score (nSPS) is 19.5. The van der Waals surface area contributed by atoms with Crippen molar-refractivity contribution in [2.45, 2.75) is 141 Å². The van der Waals surface area contributed by atoms with E-state index in [0.29, 0.717) is 5.04 Å². The van der Waals surface area contributed by atoms with Crippen molar-refractivity contribution in [2.75, 3.05) is 0 Å². The van der Waals surface area contributed by atoms with Gasteiger partial charge in [-0.05, 0) is 12.3 Å². The molecule has 0 radical (unpaired) electrons. The topological polar surface area (TPSA) is 0 Å². The first-order valence-electron chi connectivity index (χ1n) is 15.5. The van der Waals surface area contributed by atoms with Gasteiger partial charge in [0.05, 0.1) is 0 Å². The summed E-state index contributed by atoms with van der Waals surface area (Å²) >= 11 is 0. The first-order valence-corrected chi connectivity index (χ1v) is 16.9. The molecule has 0 N–H and O–H groups in total. The Morgan fingerprint density at radius 1 is 0.744 bits per heavy atom. The van der Waals surface area contributed by atoms with Gasteiger partial charge in [0.25, 0.3) is 0 Å². The Morgan fingerprint density at radius 3 is 1.72 bits per heavy atom. The van der Waals surface area contributed by atoms with E-state index in [1.54, 1.807) is 16.7 Å². The van der Waals surface area contributed by atoms with Crippen LogP contribution in [-0.4, -0.2) is 9.52 Å². The molecule has 39 heavy (non-hydrogen) atoms. The van der Waals surface area contributed by atoms with Gasteiger partial charge in [0.15, 0.2) is 0 Å². The van der Waals surface area contributed by atoms with Crippen molar-refractivity contribution in [3.8, 4) is 0 Å². The predicted molar refractivity (Wildman–Crippen MR) is 160 cm³/mol. The Morgan fingerprint density at radius 2 is 1.23 bits per heavy atom. The summed E-state index contributed by atoms with van der Waals surface area (Å²) in [6, 6.07) is 11.5. The van der Waals surface area contributed by atoms with Gasteiger partial charge in [-0.2, -0.15) is 0 Å². The maximum absolute atomic E-state index is 2.49. The summed E-state index contributed by atoms with van der Waals surface area (Å²) in [5.41, 5.74) is 1.70. The van der Waals surface area contributed by atoms with Gasteiger partial charge in [-0.1, -0.05) is 163 Å². The molecule has 2 aliphatic carbocycles. The smallest absolute Gasteiger partial charge is 1.00 e. The number of hydrogen-bond donors (Lipinski definition) is 0. The second kappa shape index (κ2) is 24.9. The molecule has 0 spiro atoms. The molecule has 0 aromatic heterocycles. The van der Waals surface area contributed by atoms with Crippen LogP contribution in [0.5, 0.6) is 0 Å². The van der Waals surface area contributed by atoms with Gasteiger partial charge in [0.2, 0.25) is 0 Å². The Balaban J connectivity index is 0. The van der Waals surface area contributed by atoms with E-state index in [2.05, 4.69) is 62.4 Å².